The third-order valence-electron chi connectivity index (χ3n) is 4.30. The Morgan fingerprint density at radius 1 is 1.05 bits per heavy atom. The molecule has 0 aliphatic heterocycles. The molecule has 0 spiro atoms. The average molecular weight is 274 g/mol. The molecule has 0 saturated heterocycles. The minimum atomic E-state index is -0.278. The summed E-state index contributed by atoms with van der Waals surface area (Å²) in [6, 6.07) is 0. The second-order valence-electron chi connectivity index (χ2n) is 5.86. The molecule has 4 unspecified atom stereocenters. The number of carbonyl (C=O) groups is 2. The third-order valence-corrected chi connectivity index (χ3v) is 4.30. The van der Waals surface area contributed by atoms with Gasteiger partial charge in [0.2, 0.25) is 0 Å². The summed E-state index contributed by atoms with van der Waals surface area (Å²) in [5, 5.41) is 0. The molecule has 0 radical (unpaired) electrons. The highest BCUT2D eigenvalue weighted by Gasteiger charge is 2.49. The zero-order chi connectivity index (χ0) is 15.4. The maximum absolute atomic E-state index is 12.5. The van der Waals surface area contributed by atoms with E-state index in [-0.39, 0.29) is 35.2 Å². The van der Waals surface area contributed by atoms with E-state index < -0.39 is 0 Å². The zero-order valence-corrected chi connectivity index (χ0v) is 13.1. The first-order chi connectivity index (χ1) is 9.40. The quantitative estimate of drug-likeness (QED) is 0.682. The van der Waals surface area contributed by atoms with Crippen molar-refractivity contribution < 1.29 is 9.59 Å². The lowest BCUT2D eigenvalue weighted by molar-refractivity contribution is -0.131. The first kappa shape index (κ1) is 16.6. The van der Waals surface area contributed by atoms with E-state index in [4.69, 9.17) is 0 Å². The molecule has 0 bridgehead atoms. The van der Waals surface area contributed by atoms with E-state index in [0.717, 1.165) is 17.6 Å². The topological polar surface area (TPSA) is 34.1 Å². The summed E-state index contributed by atoms with van der Waals surface area (Å²) in [5.74, 6) is -0.354. The maximum Gasteiger partial charge on any atom is 0.137 e. The van der Waals surface area contributed by atoms with Gasteiger partial charge in [-0.05, 0) is 27.2 Å². The maximum atomic E-state index is 12.5. The summed E-state index contributed by atoms with van der Waals surface area (Å²) < 4.78 is 0. The van der Waals surface area contributed by atoms with E-state index in [2.05, 4.69) is 13.2 Å². The van der Waals surface area contributed by atoms with Crippen LogP contribution in [0, 0.1) is 23.7 Å². The lowest BCUT2D eigenvalue weighted by Crippen LogP contribution is -2.30. The Kier molecular flexibility index (Phi) is 5.67. The lowest BCUT2D eigenvalue weighted by atomic mass is 9.80. The van der Waals surface area contributed by atoms with Crippen LogP contribution in [-0.4, -0.2) is 11.6 Å². The van der Waals surface area contributed by atoms with Gasteiger partial charge in [0.15, 0.2) is 0 Å². The third kappa shape index (κ3) is 2.84. The monoisotopic (exact) mass is 274 g/mol. The van der Waals surface area contributed by atoms with Gasteiger partial charge < -0.3 is 0 Å². The largest absolute Gasteiger partial charge is 0.300 e. The Bertz CT molecular complexity index is 452. The van der Waals surface area contributed by atoms with Crippen molar-refractivity contribution in [2.45, 2.75) is 40.5 Å². The summed E-state index contributed by atoms with van der Waals surface area (Å²) in [4.78, 5) is 24.6. The van der Waals surface area contributed by atoms with E-state index in [0.29, 0.717) is 6.42 Å². The summed E-state index contributed by atoms with van der Waals surface area (Å²) in [5.41, 5.74) is 2.32. The van der Waals surface area contributed by atoms with Crippen LogP contribution in [0.3, 0.4) is 0 Å². The Labute approximate surface area is 122 Å². The summed E-state index contributed by atoms with van der Waals surface area (Å²) in [6.07, 6.45) is 5.00. The van der Waals surface area contributed by atoms with Crippen molar-refractivity contribution in [2.24, 2.45) is 23.7 Å². The van der Waals surface area contributed by atoms with E-state index in [1.165, 1.54) is 0 Å². The van der Waals surface area contributed by atoms with Crippen molar-refractivity contribution >= 4 is 11.6 Å². The van der Waals surface area contributed by atoms with Crippen LogP contribution in [0.25, 0.3) is 0 Å². The first-order valence-electron chi connectivity index (χ1n) is 7.36. The smallest absolute Gasteiger partial charge is 0.137 e. The standard InChI is InChI=1S/C18H26O2/c1-7-10-15(20)18-14(9-3)16(11(4)5)13(8-2)17(18)12(6)19/h8-9,13-14,17-18H,2-3,7,10H2,1,4-6H3. The fraction of sp³-hybridized carbons (Fsp3) is 0.556. The number of ketones is 2. The van der Waals surface area contributed by atoms with Crippen LogP contribution >= 0.6 is 0 Å². The van der Waals surface area contributed by atoms with Crippen LogP contribution in [0.15, 0.2) is 36.5 Å². The summed E-state index contributed by atoms with van der Waals surface area (Å²) >= 11 is 0. The molecule has 2 heteroatoms. The highest BCUT2D eigenvalue weighted by atomic mass is 16.1. The molecule has 0 aromatic carbocycles. The van der Waals surface area contributed by atoms with Gasteiger partial charge in [0.05, 0.1) is 0 Å². The molecule has 0 aromatic heterocycles. The van der Waals surface area contributed by atoms with Gasteiger partial charge in [-0.25, -0.2) is 0 Å². The van der Waals surface area contributed by atoms with Crippen molar-refractivity contribution in [1.29, 1.82) is 0 Å². The number of carbonyl (C=O) groups excluding carboxylic acids is 2. The Morgan fingerprint density at radius 2 is 1.55 bits per heavy atom. The molecule has 0 N–H and O–H groups in total. The molecule has 4 atom stereocenters. The van der Waals surface area contributed by atoms with Gasteiger partial charge in [0.1, 0.15) is 11.6 Å². The van der Waals surface area contributed by atoms with Crippen LogP contribution < -0.4 is 0 Å². The number of hydrogen-bond acceptors (Lipinski definition) is 2. The van der Waals surface area contributed by atoms with Crippen molar-refractivity contribution in [3.63, 3.8) is 0 Å². The van der Waals surface area contributed by atoms with E-state index in [9.17, 15) is 9.59 Å². The van der Waals surface area contributed by atoms with Crippen LogP contribution in [-0.2, 0) is 9.59 Å². The molecule has 1 saturated carbocycles. The van der Waals surface area contributed by atoms with E-state index in [1.807, 2.05) is 32.9 Å². The van der Waals surface area contributed by atoms with Gasteiger partial charge in [-0.2, -0.15) is 0 Å². The normalized spacial score (nSPS) is 29.1. The van der Waals surface area contributed by atoms with Gasteiger partial charge in [-0.1, -0.05) is 30.2 Å². The molecule has 0 aromatic rings. The van der Waals surface area contributed by atoms with Crippen molar-refractivity contribution in [2.75, 3.05) is 0 Å². The van der Waals surface area contributed by atoms with Crippen LogP contribution in [0.5, 0.6) is 0 Å². The number of hydrogen-bond donors (Lipinski definition) is 0. The van der Waals surface area contributed by atoms with Crippen molar-refractivity contribution in [3.8, 4) is 0 Å². The molecule has 1 aliphatic carbocycles. The Hall–Kier alpha value is -1.44. The highest BCUT2D eigenvalue weighted by molar-refractivity contribution is 5.91. The van der Waals surface area contributed by atoms with Gasteiger partial charge in [-0.3, -0.25) is 9.59 Å². The molecule has 2 nitrogen and oxygen atoms in total. The fourth-order valence-electron chi connectivity index (χ4n) is 3.59. The first-order valence-corrected chi connectivity index (χ1v) is 7.36. The second kappa shape index (κ2) is 6.83. The molecular formula is C18H26O2. The minimum absolute atomic E-state index is 0.0315. The average Bonchev–Trinajstić information content (AvgIpc) is 2.73. The Morgan fingerprint density at radius 3 is 1.90 bits per heavy atom. The van der Waals surface area contributed by atoms with Crippen molar-refractivity contribution in [3.05, 3.63) is 36.5 Å². The SMILES string of the molecule is C=CC1C(=C(C)C)C(C=C)C(C(=O)CCC)C1C(C)=O. The summed E-state index contributed by atoms with van der Waals surface area (Å²) in [7, 11) is 0. The summed E-state index contributed by atoms with van der Waals surface area (Å²) in [6.45, 7) is 15.4. The molecule has 1 fully saturated rings. The molecule has 1 rings (SSSR count). The predicted octanol–water partition coefficient (Wildman–Crippen LogP) is 4.13. The van der Waals surface area contributed by atoms with Gasteiger partial charge >= 0.3 is 0 Å². The minimum Gasteiger partial charge on any atom is -0.300 e. The Balaban J connectivity index is 3.40. The number of allylic oxidation sites excluding steroid dienone is 4. The van der Waals surface area contributed by atoms with Crippen LogP contribution in [0.4, 0.5) is 0 Å². The van der Waals surface area contributed by atoms with Crippen molar-refractivity contribution in [1.82, 2.24) is 0 Å². The molecule has 1 aliphatic rings. The van der Waals surface area contributed by atoms with Crippen LogP contribution in [0.2, 0.25) is 0 Å². The predicted molar refractivity (Wildman–Crippen MR) is 83.3 cm³/mol. The fourth-order valence-corrected chi connectivity index (χ4v) is 3.59. The lowest BCUT2D eigenvalue weighted by Gasteiger charge is -2.21. The molecule has 0 heterocycles. The molecule has 110 valence electrons. The molecular weight excluding hydrogens is 248 g/mol. The number of Topliss-reactive ketones (excluding diaryl/α,β-unsaturated/α-hetero) is 2. The van der Waals surface area contributed by atoms with Gasteiger partial charge in [0.25, 0.3) is 0 Å². The second-order valence-corrected chi connectivity index (χ2v) is 5.86. The zero-order valence-electron chi connectivity index (χ0n) is 13.1. The van der Waals surface area contributed by atoms with E-state index >= 15 is 0 Å². The van der Waals surface area contributed by atoms with Gasteiger partial charge in [0, 0.05) is 30.1 Å². The van der Waals surface area contributed by atoms with Crippen LogP contribution in [0.1, 0.15) is 40.5 Å². The molecule has 20 heavy (non-hydrogen) atoms. The van der Waals surface area contributed by atoms with Gasteiger partial charge in [-0.15, -0.1) is 13.2 Å². The molecule has 0 amide bonds. The van der Waals surface area contributed by atoms with E-state index in [1.54, 1.807) is 6.92 Å². The number of rotatable bonds is 6. The highest BCUT2D eigenvalue weighted by Crippen LogP contribution is 2.49.